The first-order valence-electron chi connectivity index (χ1n) is 7.17. The number of hydrogen-bond donors (Lipinski definition) is 1. The van der Waals surface area contributed by atoms with Crippen LogP contribution in [-0.4, -0.2) is 24.5 Å². The molecule has 0 radical (unpaired) electrons. The fourth-order valence-electron chi connectivity index (χ4n) is 2.91. The first-order valence-corrected chi connectivity index (χ1v) is 7.17. The Hall–Kier alpha value is -0.860. The molecule has 2 heteroatoms. The zero-order valence-corrected chi connectivity index (χ0v) is 11.9. The summed E-state index contributed by atoms with van der Waals surface area (Å²) in [6.45, 7) is 9.68. The molecular weight excluding hydrogens is 220 g/mol. The number of nitrogens with zero attached hydrogens (tertiary/aromatic N) is 1. The Labute approximate surface area is 111 Å². The predicted octanol–water partition coefficient (Wildman–Crippen LogP) is 3.04. The van der Waals surface area contributed by atoms with E-state index in [1.54, 1.807) is 0 Å². The summed E-state index contributed by atoms with van der Waals surface area (Å²) in [6.07, 6.45) is 2.81. The molecule has 2 rings (SSSR count). The molecule has 18 heavy (non-hydrogen) atoms. The molecule has 0 saturated heterocycles. The zero-order valence-electron chi connectivity index (χ0n) is 11.9. The van der Waals surface area contributed by atoms with Gasteiger partial charge in [0, 0.05) is 19.1 Å². The molecule has 2 nitrogen and oxygen atoms in total. The fourth-order valence-corrected chi connectivity index (χ4v) is 2.91. The number of likely N-dealkylation sites (N-methyl/N-ethyl adjacent to an activating group) is 1. The first kappa shape index (κ1) is 13.6. The van der Waals surface area contributed by atoms with Crippen LogP contribution in [0.5, 0.6) is 0 Å². The van der Waals surface area contributed by atoms with Crippen LogP contribution in [0, 0.1) is 19.8 Å². The Morgan fingerprint density at radius 1 is 1.28 bits per heavy atom. The van der Waals surface area contributed by atoms with Crippen molar-refractivity contribution in [2.75, 3.05) is 19.6 Å². The van der Waals surface area contributed by atoms with Crippen LogP contribution in [0.15, 0.2) is 18.2 Å². The van der Waals surface area contributed by atoms with Gasteiger partial charge in [0.25, 0.3) is 0 Å². The molecule has 0 aromatic heterocycles. The normalized spacial score (nSPS) is 17.2. The van der Waals surface area contributed by atoms with Crippen LogP contribution < -0.4 is 5.73 Å². The summed E-state index contributed by atoms with van der Waals surface area (Å²) in [4.78, 5) is 2.56. The smallest absolute Gasteiger partial charge is 0.0475 e. The third kappa shape index (κ3) is 2.93. The summed E-state index contributed by atoms with van der Waals surface area (Å²) >= 11 is 0. The van der Waals surface area contributed by atoms with E-state index in [2.05, 4.69) is 43.9 Å². The predicted molar refractivity (Wildman–Crippen MR) is 77.7 cm³/mol. The molecule has 1 fully saturated rings. The van der Waals surface area contributed by atoms with E-state index in [4.69, 9.17) is 5.73 Å². The van der Waals surface area contributed by atoms with Crippen molar-refractivity contribution >= 4 is 0 Å². The number of nitrogens with two attached hydrogens (primary N) is 1. The Kier molecular flexibility index (Phi) is 4.41. The maximum Gasteiger partial charge on any atom is 0.0475 e. The van der Waals surface area contributed by atoms with Gasteiger partial charge in [-0.1, -0.05) is 25.1 Å². The van der Waals surface area contributed by atoms with Crippen molar-refractivity contribution in [2.45, 2.75) is 39.7 Å². The lowest BCUT2D eigenvalue weighted by molar-refractivity contribution is 0.202. The molecule has 0 heterocycles. The molecular formula is C16H26N2. The lowest BCUT2D eigenvalue weighted by Gasteiger charge is -2.32. The summed E-state index contributed by atoms with van der Waals surface area (Å²) in [6, 6.07) is 6.93. The Bertz CT molecular complexity index is 376. The molecule has 1 aliphatic carbocycles. The van der Waals surface area contributed by atoms with Crippen molar-refractivity contribution < 1.29 is 0 Å². The summed E-state index contributed by atoms with van der Waals surface area (Å²) in [5, 5.41) is 0. The SMILES string of the molecule is CCN(CC1CC1)C(CN)c1c(C)cccc1C. The van der Waals surface area contributed by atoms with Gasteiger partial charge < -0.3 is 5.73 Å². The molecule has 100 valence electrons. The third-order valence-electron chi connectivity index (χ3n) is 4.14. The number of aryl methyl sites for hydroxylation is 2. The molecule has 1 aromatic carbocycles. The minimum absolute atomic E-state index is 0.386. The largest absolute Gasteiger partial charge is 0.329 e. The van der Waals surface area contributed by atoms with Gasteiger partial charge >= 0.3 is 0 Å². The van der Waals surface area contributed by atoms with Gasteiger partial charge in [-0.3, -0.25) is 4.90 Å². The second-order valence-corrected chi connectivity index (χ2v) is 5.59. The van der Waals surface area contributed by atoms with Crippen LogP contribution >= 0.6 is 0 Å². The average molecular weight is 246 g/mol. The molecule has 0 spiro atoms. The zero-order chi connectivity index (χ0) is 13.1. The molecule has 0 amide bonds. The van der Waals surface area contributed by atoms with Gasteiger partial charge in [0.15, 0.2) is 0 Å². The summed E-state index contributed by atoms with van der Waals surface area (Å²) in [7, 11) is 0. The van der Waals surface area contributed by atoms with E-state index in [0.717, 1.165) is 12.5 Å². The van der Waals surface area contributed by atoms with E-state index in [0.29, 0.717) is 12.6 Å². The molecule has 1 saturated carbocycles. The van der Waals surface area contributed by atoms with E-state index in [1.807, 2.05) is 0 Å². The van der Waals surface area contributed by atoms with Crippen molar-refractivity contribution in [3.8, 4) is 0 Å². The lowest BCUT2D eigenvalue weighted by atomic mass is 9.95. The molecule has 0 aliphatic heterocycles. The van der Waals surface area contributed by atoms with Crippen molar-refractivity contribution in [2.24, 2.45) is 11.7 Å². The fraction of sp³-hybridized carbons (Fsp3) is 0.625. The Morgan fingerprint density at radius 3 is 2.33 bits per heavy atom. The van der Waals surface area contributed by atoms with Crippen LogP contribution in [0.3, 0.4) is 0 Å². The van der Waals surface area contributed by atoms with Gasteiger partial charge in [-0.05, 0) is 55.8 Å². The minimum Gasteiger partial charge on any atom is -0.329 e. The quantitative estimate of drug-likeness (QED) is 0.836. The summed E-state index contributed by atoms with van der Waals surface area (Å²) in [5.74, 6) is 0.920. The topological polar surface area (TPSA) is 29.3 Å². The van der Waals surface area contributed by atoms with E-state index in [1.165, 1.54) is 36.1 Å². The highest BCUT2D eigenvalue weighted by Gasteiger charge is 2.28. The van der Waals surface area contributed by atoms with Crippen LogP contribution in [0.25, 0.3) is 0 Å². The van der Waals surface area contributed by atoms with Crippen LogP contribution in [0.4, 0.5) is 0 Å². The van der Waals surface area contributed by atoms with Gasteiger partial charge in [-0.2, -0.15) is 0 Å². The highest BCUT2D eigenvalue weighted by Crippen LogP contribution is 2.33. The van der Waals surface area contributed by atoms with Crippen molar-refractivity contribution in [3.05, 3.63) is 34.9 Å². The molecule has 1 aliphatic rings. The molecule has 1 aromatic rings. The van der Waals surface area contributed by atoms with Crippen molar-refractivity contribution in [3.63, 3.8) is 0 Å². The van der Waals surface area contributed by atoms with E-state index in [-0.39, 0.29) is 0 Å². The maximum absolute atomic E-state index is 6.07. The van der Waals surface area contributed by atoms with Crippen LogP contribution in [-0.2, 0) is 0 Å². The van der Waals surface area contributed by atoms with Gasteiger partial charge in [-0.25, -0.2) is 0 Å². The van der Waals surface area contributed by atoms with E-state index in [9.17, 15) is 0 Å². The highest BCUT2D eigenvalue weighted by atomic mass is 15.2. The first-order chi connectivity index (χ1) is 8.67. The average Bonchev–Trinajstić information content (AvgIpc) is 3.15. The van der Waals surface area contributed by atoms with Gasteiger partial charge in [0.05, 0.1) is 0 Å². The minimum atomic E-state index is 0.386. The van der Waals surface area contributed by atoms with Gasteiger partial charge in [0.2, 0.25) is 0 Å². The summed E-state index contributed by atoms with van der Waals surface area (Å²) < 4.78 is 0. The van der Waals surface area contributed by atoms with Crippen LogP contribution in [0.1, 0.15) is 42.5 Å². The number of rotatable bonds is 6. The molecule has 1 atom stereocenters. The Balaban J connectivity index is 2.24. The molecule has 1 unspecified atom stereocenters. The number of benzene rings is 1. The third-order valence-corrected chi connectivity index (χ3v) is 4.14. The monoisotopic (exact) mass is 246 g/mol. The van der Waals surface area contributed by atoms with Gasteiger partial charge in [0.1, 0.15) is 0 Å². The second kappa shape index (κ2) is 5.85. The van der Waals surface area contributed by atoms with Gasteiger partial charge in [-0.15, -0.1) is 0 Å². The van der Waals surface area contributed by atoms with E-state index < -0.39 is 0 Å². The van der Waals surface area contributed by atoms with Crippen molar-refractivity contribution in [1.29, 1.82) is 0 Å². The summed E-state index contributed by atoms with van der Waals surface area (Å²) in [5.41, 5.74) is 10.3. The highest BCUT2D eigenvalue weighted by molar-refractivity contribution is 5.36. The molecule has 0 bridgehead atoms. The van der Waals surface area contributed by atoms with E-state index >= 15 is 0 Å². The second-order valence-electron chi connectivity index (χ2n) is 5.59. The number of hydrogen-bond acceptors (Lipinski definition) is 2. The Morgan fingerprint density at radius 2 is 1.89 bits per heavy atom. The standard InChI is InChI=1S/C16H26N2/c1-4-18(11-14-8-9-14)15(10-17)16-12(2)6-5-7-13(16)3/h5-7,14-15H,4,8-11,17H2,1-3H3. The lowest BCUT2D eigenvalue weighted by Crippen LogP contribution is -2.36. The molecule has 2 N–H and O–H groups in total. The maximum atomic E-state index is 6.07. The van der Waals surface area contributed by atoms with Crippen molar-refractivity contribution in [1.82, 2.24) is 4.90 Å². The van der Waals surface area contributed by atoms with Crippen LogP contribution in [0.2, 0.25) is 0 Å².